The molecule has 0 aromatic heterocycles. The number of rotatable bonds is 3. The van der Waals surface area contributed by atoms with Crippen LogP contribution in [0.25, 0.3) is 11.1 Å². The fourth-order valence-electron chi connectivity index (χ4n) is 1.85. The number of carbonyl (C=O) groups excluding carboxylic acids is 1. The SMILES string of the molecule is CCC(=O)c1ccccc1-c1ccccc1O. The second-order valence-electron chi connectivity index (χ2n) is 3.84. The summed E-state index contributed by atoms with van der Waals surface area (Å²) in [5.74, 6) is 0.285. The molecular weight excluding hydrogens is 212 g/mol. The van der Waals surface area contributed by atoms with Gasteiger partial charge in [0, 0.05) is 17.5 Å². The average molecular weight is 226 g/mol. The van der Waals surface area contributed by atoms with Crippen molar-refractivity contribution < 1.29 is 9.90 Å². The lowest BCUT2D eigenvalue weighted by molar-refractivity contribution is 0.0989. The van der Waals surface area contributed by atoms with Gasteiger partial charge in [-0.15, -0.1) is 0 Å². The number of para-hydroxylation sites is 1. The highest BCUT2D eigenvalue weighted by Crippen LogP contribution is 2.31. The molecule has 2 heteroatoms. The second kappa shape index (κ2) is 4.83. The Balaban J connectivity index is 2.60. The Kier molecular flexibility index (Phi) is 3.24. The van der Waals surface area contributed by atoms with E-state index in [1.807, 2.05) is 37.3 Å². The number of phenolic OH excluding ortho intramolecular Hbond substituents is 1. The van der Waals surface area contributed by atoms with E-state index < -0.39 is 0 Å². The van der Waals surface area contributed by atoms with Crippen LogP contribution < -0.4 is 0 Å². The van der Waals surface area contributed by atoms with E-state index in [9.17, 15) is 9.90 Å². The van der Waals surface area contributed by atoms with Crippen LogP contribution in [0.1, 0.15) is 23.7 Å². The molecule has 2 aromatic rings. The summed E-state index contributed by atoms with van der Waals surface area (Å²) in [5, 5.41) is 9.83. The lowest BCUT2D eigenvalue weighted by Gasteiger charge is -2.09. The summed E-state index contributed by atoms with van der Waals surface area (Å²) in [5.41, 5.74) is 2.15. The minimum Gasteiger partial charge on any atom is -0.507 e. The van der Waals surface area contributed by atoms with Gasteiger partial charge in [0.15, 0.2) is 5.78 Å². The van der Waals surface area contributed by atoms with Crippen LogP contribution in [-0.2, 0) is 0 Å². The van der Waals surface area contributed by atoms with Gasteiger partial charge in [-0.25, -0.2) is 0 Å². The van der Waals surface area contributed by atoms with Gasteiger partial charge in [-0.1, -0.05) is 49.4 Å². The van der Waals surface area contributed by atoms with Gasteiger partial charge in [0.2, 0.25) is 0 Å². The van der Waals surface area contributed by atoms with Gasteiger partial charge in [-0.2, -0.15) is 0 Å². The molecule has 17 heavy (non-hydrogen) atoms. The van der Waals surface area contributed by atoms with Crippen LogP contribution in [0.5, 0.6) is 5.75 Å². The van der Waals surface area contributed by atoms with Crippen molar-refractivity contribution in [2.45, 2.75) is 13.3 Å². The molecule has 0 saturated carbocycles. The number of Topliss-reactive ketones (excluding diaryl/α,β-unsaturated/α-hetero) is 1. The third kappa shape index (κ3) is 2.21. The van der Waals surface area contributed by atoms with Crippen LogP contribution >= 0.6 is 0 Å². The number of ketones is 1. The van der Waals surface area contributed by atoms with Crippen molar-refractivity contribution in [3.63, 3.8) is 0 Å². The zero-order chi connectivity index (χ0) is 12.3. The molecule has 0 amide bonds. The van der Waals surface area contributed by atoms with E-state index in [0.29, 0.717) is 17.5 Å². The molecular formula is C15H14O2. The maximum atomic E-state index is 11.8. The first kappa shape index (κ1) is 11.4. The van der Waals surface area contributed by atoms with E-state index in [-0.39, 0.29) is 11.5 Å². The van der Waals surface area contributed by atoms with Crippen LogP contribution in [0.2, 0.25) is 0 Å². The van der Waals surface area contributed by atoms with Crippen molar-refractivity contribution in [2.24, 2.45) is 0 Å². The first-order valence-corrected chi connectivity index (χ1v) is 5.64. The summed E-state index contributed by atoms with van der Waals surface area (Å²) < 4.78 is 0. The zero-order valence-corrected chi connectivity index (χ0v) is 9.68. The van der Waals surface area contributed by atoms with E-state index in [1.165, 1.54) is 0 Å². The maximum absolute atomic E-state index is 11.8. The predicted molar refractivity (Wildman–Crippen MR) is 68.2 cm³/mol. The van der Waals surface area contributed by atoms with Gasteiger partial charge in [-0.3, -0.25) is 4.79 Å². The van der Waals surface area contributed by atoms with E-state index in [0.717, 1.165) is 5.56 Å². The Hall–Kier alpha value is -2.09. The molecule has 0 fully saturated rings. The van der Waals surface area contributed by atoms with Crippen LogP contribution in [0, 0.1) is 0 Å². The Bertz CT molecular complexity index is 544. The fourth-order valence-corrected chi connectivity index (χ4v) is 1.85. The number of hydrogen-bond acceptors (Lipinski definition) is 2. The molecule has 0 atom stereocenters. The predicted octanol–water partition coefficient (Wildman–Crippen LogP) is 3.65. The monoisotopic (exact) mass is 226 g/mol. The van der Waals surface area contributed by atoms with Crippen molar-refractivity contribution in [3.8, 4) is 16.9 Å². The molecule has 86 valence electrons. The lowest BCUT2D eigenvalue weighted by atomic mass is 9.95. The molecule has 0 heterocycles. The molecule has 2 rings (SSSR count). The molecule has 0 aliphatic rings. The Morgan fingerprint density at radius 1 is 1.00 bits per heavy atom. The van der Waals surface area contributed by atoms with Gasteiger partial charge < -0.3 is 5.11 Å². The highest BCUT2D eigenvalue weighted by molar-refractivity contribution is 6.02. The first-order valence-electron chi connectivity index (χ1n) is 5.64. The van der Waals surface area contributed by atoms with Crippen molar-refractivity contribution in [1.82, 2.24) is 0 Å². The van der Waals surface area contributed by atoms with Crippen LogP contribution in [0.4, 0.5) is 0 Å². The second-order valence-corrected chi connectivity index (χ2v) is 3.84. The highest BCUT2D eigenvalue weighted by atomic mass is 16.3. The first-order chi connectivity index (χ1) is 8.24. The topological polar surface area (TPSA) is 37.3 Å². The molecule has 0 radical (unpaired) electrons. The highest BCUT2D eigenvalue weighted by Gasteiger charge is 2.12. The molecule has 0 aliphatic heterocycles. The molecule has 0 spiro atoms. The molecule has 2 aromatic carbocycles. The quantitative estimate of drug-likeness (QED) is 0.811. The van der Waals surface area contributed by atoms with E-state index in [4.69, 9.17) is 0 Å². The number of phenols is 1. The largest absolute Gasteiger partial charge is 0.507 e. The van der Waals surface area contributed by atoms with Gasteiger partial charge in [0.05, 0.1) is 0 Å². The lowest BCUT2D eigenvalue weighted by Crippen LogP contribution is -1.99. The minimum atomic E-state index is 0.0869. The Morgan fingerprint density at radius 3 is 2.24 bits per heavy atom. The smallest absolute Gasteiger partial charge is 0.163 e. The van der Waals surface area contributed by atoms with E-state index >= 15 is 0 Å². The number of hydrogen-bond donors (Lipinski definition) is 1. The zero-order valence-electron chi connectivity index (χ0n) is 9.68. The van der Waals surface area contributed by atoms with Gasteiger partial charge in [0.25, 0.3) is 0 Å². The number of aromatic hydroxyl groups is 1. The van der Waals surface area contributed by atoms with Gasteiger partial charge in [-0.05, 0) is 11.6 Å². The van der Waals surface area contributed by atoms with E-state index in [1.54, 1.807) is 18.2 Å². The molecule has 0 unspecified atom stereocenters. The molecule has 0 aliphatic carbocycles. The summed E-state index contributed by atoms with van der Waals surface area (Å²) in [4.78, 5) is 11.8. The van der Waals surface area contributed by atoms with Gasteiger partial charge in [0.1, 0.15) is 5.75 Å². The third-order valence-corrected chi connectivity index (χ3v) is 2.74. The summed E-state index contributed by atoms with van der Waals surface area (Å²) in [6, 6.07) is 14.4. The fraction of sp³-hybridized carbons (Fsp3) is 0.133. The molecule has 1 N–H and O–H groups in total. The van der Waals surface area contributed by atoms with Crippen molar-refractivity contribution in [3.05, 3.63) is 54.1 Å². The average Bonchev–Trinajstić information content (AvgIpc) is 2.38. The van der Waals surface area contributed by atoms with Crippen molar-refractivity contribution >= 4 is 5.78 Å². The molecule has 0 saturated heterocycles. The summed E-state index contributed by atoms with van der Waals surface area (Å²) >= 11 is 0. The van der Waals surface area contributed by atoms with Crippen LogP contribution in [0.15, 0.2) is 48.5 Å². The van der Waals surface area contributed by atoms with Gasteiger partial charge >= 0.3 is 0 Å². The van der Waals surface area contributed by atoms with Crippen LogP contribution in [0.3, 0.4) is 0 Å². The minimum absolute atomic E-state index is 0.0869. The Morgan fingerprint density at radius 2 is 1.59 bits per heavy atom. The maximum Gasteiger partial charge on any atom is 0.163 e. The summed E-state index contributed by atoms with van der Waals surface area (Å²) in [7, 11) is 0. The molecule has 0 bridgehead atoms. The summed E-state index contributed by atoms with van der Waals surface area (Å²) in [6.07, 6.45) is 0.463. The van der Waals surface area contributed by atoms with Crippen molar-refractivity contribution in [2.75, 3.05) is 0 Å². The summed E-state index contributed by atoms with van der Waals surface area (Å²) in [6.45, 7) is 1.84. The third-order valence-electron chi connectivity index (χ3n) is 2.74. The number of benzene rings is 2. The normalized spacial score (nSPS) is 10.2. The standard InChI is InChI=1S/C15H14O2/c1-2-14(16)12-8-4-3-7-11(12)13-9-5-6-10-15(13)17/h3-10,17H,2H2,1H3. The Labute approximate surface area is 101 Å². The molecule has 2 nitrogen and oxygen atoms in total. The van der Waals surface area contributed by atoms with Crippen LogP contribution in [-0.4, -0.2) is 10.9 Å². The number of carbonyl (C=O) groups is 1. The van der Waals surface area contributed by atoms with E-state index in [2.05, 4.69) is 0 Å². The van der Waals surface area contributed by atoms with Crippen molar-refractivity contribution in [1.29, 1.82) is 0 Å².